The van der Waals surface area contributed by atoms with Crippen LogP contribution >= 0.6 is 0 Å². The Morgan fingerprint density at radius 3 is 2.62 bits per heavy atom. The van der Waals surface area contributed by atoms with E-state index < -0.39 is 0 Å². The lowest BCUT2D eigenvalue weighted by Crippen LogP contribution is -2.27. The monoisotopic (exact) mass is 222 g/mol. The van der Waals surface area contributed by atoms with Gasteiger partial charge in [-0.15, -0.1) is 0 Å². The van der Waals surface area contributed by atoms with Gasteiger partial charge in [-0.05, 0) is 18.6 Å². The van der Waals surface area contributed by atoms with Gasteiger partial charge in [-0.1, -0.05) is 19.9 Å². The number of aryl methyl sites for hydroxylation is 1. The molecular formula is C13H18O3. The van der Waals surface area contributed by atoms with E-state index in [9.17, 15) is 5.11 Å². The highest BCUT2D eigenvalue weighted by Crippen LogP contribution is 2.42. The maximum atomic E-state index is 9.48. The van der Waals surface area contributed by atoms with Gasteiger partial charge in [-0.2, -0.15) is 0 Å². The third-order valence-corrected chi connectivity index (χ3v) is 2.99. The van der Waals surface area contributed by atoms with Gasteiger partial charge in [0.05, 0.1) is 6.61 Å². The quantitative estimate of drug-likeness (QED) is 0.832. The molecule has 0 bridgehead atoms. The number of aliphatic hydroxyl groups is 1. The van der Waals surface area contributed by atoms with Crippen LogP contribution in [0.2, 0.25) is 0 Å². The smallest absolute Gasteiger partial charge is 0.165 e. The van der Waals surface area contributed by atoms with E-state index in [0.717, 1.165) is 22.6 Å². The molecule has 0 radical (unpaired) electrons. The third-order valence-electron chi connectivity index (χ3n) is 2.99. The van der Waals surface area contributed by atoms with Gasteiger partial charge in [0.2, 0.25) is 0 Å². The van der Waals surface area contributed by atoms with Crippen LogP contribution < -0.4 is 9.47 Å². The normalized spacial score (nSPS) is 15.0. The van der Waals surface area contributed by atoms with E-state index in [1.54, 1.807) is 0 Å². The lowest BCUT2D eigenvalue weighted by molar-refractivity contribution is 0.161. The molecule has 1 aromatic rings. The van der Waals surface area contributed by atoms with Crippen molar-refractivity contribution in [3.05, 3.63) is 23.3 Å². The van der Waals surface area contributed by atoms with Gasteiger partial charge in [0.15, 0.2) is 11.5 Å². The highest BCUT2D eigenvalue weighted by Gasteiger charge is 2.29. The molecule has 1 aromatic carbocycles. The molecule has 88 valence electrons. The Balaban J connectivity index is 2.58. The number of benzene rings is 1. The summed E-state index contributed by atoms with van der Waals surface area (Å²) in [4.78, 5) is 0. The number of ether oxygens (including phenoxy) is 2. The van der Waals surface area contributed by atoms with E-state index in [2.05, 4.69) is 0 Å². The van der Waals surface area contributed by atoms with Crippen molar-refractivity contribution in [2.45, 2.75) is 26.2 Å². The van der Waals surface area contributed by atoms with E-state index >= 15 is 0 Å². The zero-order chi connectivity index (χ0) is 11.8. The van der Waals surface area contributed by atoms with Crippen molar-refractivity contribution in [3.8, 4) is 11.5 Å². The summed E-state index contributed by atoms with van der Waals surface area (Å²) in [7, 11) is 0. The van der Waals surface area contributed by atoms with Crippen LogP contribution in [0.5, 0.6) is 11.5 Å². The molecule has 0 aromatic heterocycles. The number of hydrogen-bond donors (Lipinski definition) is 1. The minimum atomic E-state index is -0.309. The Labute approximate surface area is 96.0 Å². The van der Waals surface area contributed by atoms with Crippen molar-refractivity contribution >= 4 is 0 Å². The van der Waals surface area contributed by atoms with Crippen LogP contribution in [0.3, 0.4) is 0 Å². The summed E-state index contributed by atoms with van der Waals surface area (Å²) >= 11 is 0. The van der Waals surface area contributed by atoms with Crippen LogP contribution in [0.1, 0.15) is 25.0 Å². The number of fused-ring (bicyclic) bond motifs is 1. The van der Waals surface area contributed by atoms with Crippen LogP contribution in [0, 0.1) is 6.92 Å². The Morgan fingerprint density at radius 2 is 1.94 bits per heavy atom. The van der Waals surface area contributed by atoms with Crippen molar-refractivity contribution in [3.63, 3.8) is 0 Å². The molecule has 0 aliphatic carbocycles. The van der Waals surface area contributed by atoms with Gasteiger partial charge in [-0.25, -0.2) is 0 Å². The molecule has 3 heteroatoms. The van der Waals surface area contributed by atoms with Crippen LogP contribution in [-0.2, 0) is 5.41 Å². The fourth-order valence-electron chi connectivity index (χ4n) is 2.13. The second-order valence-corrected chi connectivity index (χ2v) is 4.82. The summed E-state index contributed by atoms with van der Waals surface area (Å²) in [6.07, 6.45) is 0. The molecule has 1 N–H and O–H groups in total. The highest BCUT2D eigenvalue weighted by atomic mass is 16.6. The van der Waals surface area contributed by atoms with Crippen LogP contribution in [-0.4, -0.2) is 24.9 Å². The van der Waals surface area contributed by atoms with Crippen molar-refractivity contribution in [1.29, 1.82) is 0 Å². The molecule has 0 unspecified atom stereocenters. The Hall–Kier alpha value is -1.22. The second-order valence-electron chi connectivity index (χ2n) is 4.82. The van der Waals surface area contributed by atoms with Gasteiger partial charge in [0, 0.05) is 11.0 Å². The molecule has 0 saturated heterocycles. The zero-order valence-electron chi connectivity index (χ0n) is 10.0. The van der Waals surface area contributed by atoms with Gasteiger partial charge in [-0.3, -0.25) is 0 Å². The molecule has 16 heavy (non-hydrogen) atoms. The minimum absolute atomic E-state index is 0.0909. The highest BCUT2D eigenvalue weighted by molar-refractivity contribution is 5.54. The average Bonchev–Trinajstić information content (AvgIpc) is 2.28. The fraction of sp³-hybridized carbons (Fsp3) is 0.538. The molecule has 0 fully saturated rings. The van der Waals surface area contributed by atoms with Gasteiger partial charge in [0.25, 0.3) is 0 Å². The average molecular weight is 222 g/mol. The van der Waals surface area contributed by atoms with E-state index in [-0.39, 0.29) is 12.0 Å². The Morgan fingerprint density at radius 1 is 1.25 bits per heavy atom. The molecule has 0 amide bonds. The van der Waals surface area contributed by atoms with Gasteiger partial charge < -0.3 is 14.6 Å². The molecule has 0 atom stereocenters. The minimum Gasteiger partial charge on any atom is -0.486 e. The largest absolute Gasteiger partial charge is 0.486 e. The van der Waals surface area contributed by atoms with E-state index in [0.29, 0.717) is 13.2 Å². The first-order valence-electron chi connectivity index (χ1n) is 5.57. The molecule has 1 heterocycles. The summed E-state index contributed by atoms with van der Waals surface area (Å²) in [5, 5.41) is 9.48. The predicted molar refractivity (Wildman–Crippen MR) is 62.3 cm³/mol. The standard InChI is InChI=1S/C13H18O3/c1-9-4-5-10-12(16-7-6-15-10)11(9)13(2,3)8-14/h4-5,14H,6-8H2,1-3H3. The molecule has 3 nitrogen and oxygen atoms in total. The van der Waals surface area contributed by atoms with E-state index in [4.69, 9.17) is 9.47 Å². The molecule has 0 spiro atoms. The van der Waals surface area contributed by atoms with Gasteiger partial charge in [0.1, 0.15) is 13.2 Å². The van der Waals surface area contributed by atoms with Crippen molar-refractivity contribution < 1.29 is 14.6 Å². The van der Waals surface area contributed by atoms with E-state index in [1.165, 1.54) is 0 Å². The van der Waals surface area contributed by atoms with Crippen LogP contribution in [0.15, 0.2) is 12.1 Å². The Kier molecular flexibility index (Phi) is 2.80. The van der Waals surface area contributed by atoms with Crippen molar-refractivity contribution in [2.24, 2.45) is 0 Å². The third kappa shape index (κ3) is 1.76. The SMILES string of the molecule is Cc1ccc2c(c1C(C)(C)CO)OCCO2. The summed E-state index contributed by atoms with van der Waals surface area (Å²) < 4.78 is 11.2. The number of aliphatic hydroxyl groups excluding tert-OH is 1. The molecule has 1 aliphatic heterocycles. The number of rotatable bonds is 2. The predicted octanol–water partition coefficient (Wildman–Crippen LogP) is 2.04. The lowest BCUT2D eigenvalue weighted by atomic mass is 9.82. The molecule has 0 saturated carbocycles. The molecule has 1 aliphatic rings. The molecule has 2 rings (SSSR count). The zero-order valence-corrected chi connectivity index (χ0v) is 10.0. The summed E-state index contributed by atoms with van der Waals surface area (Å²) in [5.41, 5.74) is 1.87. The Bertz CT molecular complexity index is 396. The second kappa shape index (κ2) is 3.98. The van der Waals surface area contributed by atoms with Crippen LogP contribution in [0.4, 0.5) is 0 Å². The number of hydrogen-bond acceptors (Lipinski definition) is 3. The maximum Gasteiger partial charge on any atom is 0.165 e. The summed E-state index contributed by atoms with van der Waals surface area (Å²) in [6, 6.07) is 3.95. The van der Waals surface area contributed by atoms with Crippen molar-refractivity contribution in [1.82, 2.24) is 0 Å². The van der Waals surface area contributed by atoms with Crippen molar-refractivity contribution in [2.75, 3.05) is 19.8 Å². The first-order valence-corrected chi connectivity index (χ1v) is 5.57. The van der Waals surface area contributed by atoms with Gasteiger partial charge >= 0.3 is 0 Å². The van der Waals surface area contributed by atoms with E-state index in [1.807, 2.05) is 32.9 Å². The topological polar surface area (TPSA) is 38.7 Å². The first kappa shape index (κ1) is 11.3. The fourth-order valence-corrected chi connectivity index (χ4v) is 2.13. The van der Waals surface area contributed by atoms with Crippen LogP contribution in [0.25, 0.3) is 0 Å². The molecular weight excluding hydrogens is 204 g/mol. The summed E-state index contributed by atoms with van der Waals surface area (Å²) in [6.45, 7) is 7.31. The summed E-state index contributed by atoms with van der Waals surface area (Å²) in [5.74, 6) is 1.58. The maximum absolute atomic E-state index is 9.48. The lowest BCUT2D eigenvalue weighted by Gasteiger charge is -2.30. The first-order chi connectivity index (χ1) is 7.56.